The lowest BCUT2D eigenvalue weighted by Crippen LogP contribution is -2.33. The van der Waals surface area contributed by atoms with Crippen LogP contribution in [-0.2, 0) is 13.0 Å². The lowest BCUT2D eigenvalue weighted by atomic mass is 9.98. The first-order valence-corrected chi connectivity index (χ1v) is 5.59. The fourth-order valence-corrected chi connectivity index (χ4v) is 2.06. The largest absolute Gasteiger partial charge is 0.393 e. The molecule has 0 spiro atoms. The van der Waals surface area contributed by atoms with E-state index in [0.29, 0.717) is 18.1 Å². The number of aromatic nitrogens is 3. The van der Waals surface area contributed by atoms with Gasteiger partial charge in [0.05, 0.1) is 12.0 Å². The van der Waals surface area contributed by atoms with Crippen LogP contribution in [0.25, 0.3) is 0 Å². The molecule has 1 aromatic rings. The zero-order valence-electron chi connectivity index (χ0n) is 9.75. The van der Waals surface area contributed by atoms with Crippen molar-refractivity contribution in [1.29, 1.82) is 0 Å². The Morgan fingerprint density at radius 1 is 1.41 bits per heavy atom. The molecule has 0 aliphatic carbocycles. The summed E-state index contributed by atoms with van der Waals surface area (Å²) in [6, 6.07) is -0.0942. The summed E-state index contributed by atoms with van der Waals surface area (Å²) < 4.78 is 39.7. The van der Waals surface area contributed by atoms with E-state index in [0.717, 1.165) is 0 Å². The molecule has 2 heterocycles. The summed E-state index contributed by atoms with van der Waals surface area (Å²) in [7, 11) is 1.75. The molecule has 2 unspecified atom stereocenters. The van der Waals surface area contributed by atoms with Crippen LogP contribution < -0.4 is 5.32 Å². The SMILES string of the molecule is CNC(C)c1nnc2n1CC(C(F)(F)F)CC2. The van der Waals surface area contributed by atoms with Crippen molar-refractivity contribution >= 4 is 0 Å². The highest BCUT2D eigenvalue weighted by Crippen LogP contribution is 2.34. The number of halogens is 3. The Labute approximate surface area is 97.2 Å². The minimum absolute atomic E-state index is 0.0623. The summed E-state index contributed by atoms with van der Waals surface area (Å²) in [6.07, 6.45) is -3.69. The Morgan fingerprint density at radius 3 is 2.71 bits per heavy atom. The molecule has 0 bridgehead atoms. The second-order valence-corrected chi connectivity index (χ2v) is 4.37. The van der Waals surface area contributed by atoms with E-state index in [9.17, 15) is 13.2 Å². The van der Waals surface area contributed by atoms with E-state index in [4.69, 9.17) is 0 Å². The quantitative estimate of drug-likeness (QED) is 0.866. The molecule has 1 N–H and O–H groups in total. The highest BCUT2D eigenvalue weighted by molar-refractivity contribution is 5.04. The molecule has 7 heteroatoms. The molecule has 0 amide bonds. The molecule has 0 aromatic carbocycles. The van der Waals surface area contributed by atoms with Crippen molar-refractivity contribution in [3.63, 3.8) is 0 Å². The molecule has 1 aliphatic heterocycles. The molecule has 0 radical (unpaired) electrons. The van der Waals surface area contributed by atoms with E-state index in [1.807, 2.05) is 6.92 Å². The van der Waals surface area contributed by atoms with Crippen LogP contribution in [0.2, 0.25) is 0 Å². The number of rotatable bonds is 2. The Kier molecular flexibility index (Phi) is 3.11. The zero-order valence-corrected chi connectivity index (χ0v) is 9.75. The molecule has 2 rings (SSSR count). The molecule has 2 atom stereocenters. The van der Waals surface area contributed by atoms with Crippen molar-refractivity contribution in [2.24, 2.45) is 5.92 Å². The highest BCUT2D eigenvalue weighted by Gasteiger charge is 2.42. The standard InChI is InChI=1S/C10H15F3N4/c1-6(14-2)9-16-15-8-4-3-7(5-17(8)9)10(11,12)13/h6-7,14H,3-5H2,1-2H3. The number of aryl methyl sites for hydroxylation is 1. The fraction of sp³-hybridized carbons (Fsp3) is 0.800. The van der Waals surface area contributed by atoms with Crippen LogP contribution in [0.4, 0.5) is 13.2 Å². The molecule has 96 valence electrons. The van der Waals surface area contributed by atoms with Gasteiger partial charge >= 0.3 is 6.18 Å². The lowest BCUT2D eigenvalue weighted by Gasteiger charge is -2.27. The summed E-state index contributed by atoms with van der Waals surface area (Å²) in [5.41, 5.74) is 0. The van der Waals surface area contributed by atoms with Crippen LogP contribution in [0.1, 0.15) is 31.0 Å². The number of alkyl halides is 3. The van der Waals surface area contributed by atoms with Crippen LogP contribution >= 0.6 is 0 Å². The Balaban J connectivity index is 2.26. The van der Waals surface area contributed by atoms with Crippen LogP contribution in [0.15, 0.2) is 0 Å². The third-order valence-electron chi connectivity index (χ3n) is 3.26. The number of hydrogen-bond donors (Lipinski definition) is 1. The molecule has 1 aliphatic rings. The first-order valence-electron chi connectivity index (χ1n) is 5.59. The third kappa shape index (κ3) is 2.29. The van der Waals surface area contributed by atoms with Crippen LogP contribution in [0.3, 0.4) is 0 Å². The molecular formula is C10H15F3N4. The Bertz CT molecular complexity index is 399. The van der Waals surface area contributed by atoms with E-state index in [2.05, 4.69) is 15.5 Å². The van der Waals surface area contributed by atoms with Crippen molar-refractivity contribution < 1.29 is 13.2 Å². The maximum Gasteiger partial charge on any atom is 0.393 e. The van der Waals surface area contributed by atoms with E-state index in [1.165, 1.54) is 0 Å². The van der Waals surface area contributed by atoms with Crippen molar-refractivity contribution in [3.05, 3.63) is 11.6 Å². The molecule has 0 saturated carbocycles. The number of fused-ring (bicyclic) bond motifs is 1. The second kappa shape index (κ2) is 4.29. The minimum Gasteiger partial charge on any atom is -0.313 e. The summed E-state index contributed by atoms with van der Waals surface area (Å²) in [4.78, 5) is 0. The first kappa shape index (κ1) is 12.3. The molecule has 0 saturated heterocycles. The minimum atomic E-state index is -4.14. The second-order valence-electron chi connectivity index (χ2n) is 4.37. The van der Waals surface area contributed by atoms with Crippen LogP contribution in [0, 0.1) is 5.92 Å². The van der Waals surface area contributed by atoms with E-state index in [-0.39, 0.29) is 19.0 Å². The smallest absolute Gasteiger partial charge is 0.313 e. The Morgan fingerprint density at radius 2 is 2.12 bits per heavy atom. The van der Waals surface area contributed by atoms with Crippen molar-refractivity contribution in [3.8, 4) is 0 Å². The lowest BCUT2D eigenvalue weighted by molar-refractivity contribution is -0.182. The van der Waals surface area contributed by atoms with E-state index < -0.39 is 12.1 Å². The van der Waals surface area contributed by atoms with Gasteiger partial charge in [0.2, 0.25) is 0 Å². The third-order valence-corrected chi connectivity index (χ3v) is 3.26. The average Bonchev–Trinajstić information content (AvgIpc) is 2.69. The average molecular weight is 248 g/mol. The number of hydrogen-bond acceptors (Lipinski definition) is 3. The van der Waals surface area contributed by atoms with Crippen molar-refractivity contribution in [1.82, 2.24) is 20.1 Å². The predicted molar refractivity (Wildman–Crippen MR) is 55.4 cm³/mol. The van der Waals surface area contributed by atoms with Gasteiger partial charge in [-0.3, -0.25) is 0 Å². The van der Waals surface area contributed by atoms with Gasteiger partial charge in [0.1, 0.15) is 11.6 Å². The molecule has 0 fully saturated rings. The number of nitrogens with one attached hydrogen (secondary N) is 1. The zero-order chi connectivity index (χ0) is 12.6. The van der Waals surface area contributed by atoms with Gasteiger partial charge in [-0.25, -0.2) is 0 Å². The highest BCUT2D eigenvalue weighted by atomic mass is 19.4. The van der Waals surface area contributed by atoms with Gasteiger partial charge in [-0.05, 0) is 20.4 Å². The van der Waals surface area contributed by atoms with Gasteiger partial charge in [0.25, 0.3) is 0 Å². The summed E-state index contributed by atoms with van der Waals surface area (Å²) in [5, 5.41) is 10.9. The normalized spacial score (nSPS) is 22.3. The maximum absolute atomic E-state index is 12.7. The first-order chi connectivity index (χ1) is 7.93. The topological polar surface area (TPSA) is 42.7 Å². The van der Waals surface area contributed by atoms with Gasteiger partial charge in [0, 0.05) is 13.0 Å². The van der Waals surface area contributed by atoms with Crippen LogP contribution in [0.5, 0.6) is 0 Å². The molecular weight excluding hydrogens is 233 g/mol. The van der Waals surface area contributed by atoms with E-state index in [1.54, 1.807) is 11.6 Å². The van der Waals surface area contributed by atoms with Crippen molar-refractivity contribution in [2.45, 2.75) is 38.5 Å². The van der Waals surface area contributed by atoms with Gasteiger partial charge in [0.15, 0.2) is 0 Å². The Hall–Kier alpha value is -1.11. The van der Waals surface area contributed by atoms with Gasteiger partial charge < -0.3 is 9.88 Å². The summed E-state index contributed by atoms with van der Waals surface area (Å²) in [6.45, 7) is 1.79. The van der Waals surface area contributed by atoms with Crippen LogP contribution in [-0.4, -0.2) is 28.0 Å². The van der Waals surface area contributed by atoms with Gasteiger partial charge in [-0.15, -0.1) is 10.2 Å². The number of nitrogens with zero attached hydrogens (tertiary/aromatic N) is 3. The fourth-order valence-electron chi connectivity index (χ4n) is 2.06. The molecule has 4 nitrogen and oxygen atoms in total. The summed E-state index contributed by atoms with van der Waals surface area (Å²) in [5.74, 6) is -0.0483. The summed E-state index contributed by atoms with van der Waals surface area (Å²) >= 11 is 0. The van der Waals surface area contributed by atoms with Gasteiger partial charge in [-0.2, -0.15) is 13.2 Å². The van der Waals surface area contributed by atoms with Gasteiger partial charge in [-0.1, -0.05) is 0 Å². The predicted octanol–water partition coefficient (Wildman–Crippen LogP) is 1.68. The monoisotopic (exact) mass is 248 g/mol. The van der Waals surface area contributed by atoms with E-state index >= 15 is 0 Å². The molecule has 1 aromatic heterocycles. The van der Waals surface area contributed by atoms with Crippen molar-refractivity contribution in [2.75, 3.05) is 7.05 Å². The molecule has 17 heavy (non-hydrogen) atoms. The maximum atomic E-state index is 12.7.